The highest BCUT2D eigenvalue weighted by Crippen LogP contribution is 2.28. The van der Waals surface area contributed by atoms with E-state index in [0.29, 0.717) is 10.7 Å². The number of para-hydroxylation sites is 2. The van der Waals surface area contributed by atoms with Crippen LogP contribution < -0.4 is 5.69 Å². The Morgan fingerprint density at radius 2 is 1.89 bits per heavy atom. The van der Waals surface area contributed by atoms with Crippen LogP contribution in [0.1, 0.15) is 5.56 Å². The van der Waals surface area contributed by atoms with E-state index in [2.05, 4.69) is 9.97 Å². The molecule has 2 N–H and O–H groups in total. The minimum atomic E-state index is -1.04. The summed E-state index contributed by atoms with van der Waals surface area (Å²) in [6.45, 7) is 0. The summed E-state index contributed by atoms with van der Waals surface area (Å²) in [7, 11) is 3.40. The van der Waals surface area contributed by atoms with Crippen molar-refractivity contribution in [2.45, 2.75) is 5.16 Å². The van der Waals surface area contributed by atoms with Crippen LogP contribution >= 0.6 is 11.8 Å². The summed E-state index contributed by atoms with van der Waals surface area (Å²) in [5, 5.41) is 10.1. The number of aromatic nitrogens is 4. The second-order valence-electron chi connectivity index (χ2n) is 6.12. The summed E-state index contributed by atoms with van der Waals surface area (Å²) in [5.74, 6) is -1.04. The molecule has 8 heteroatoms. The number of carboxylic acids is 1. The SMILES string of the molecule is Cn1c(=O)n(C)c2cc(/C=C(\Sc3nc4ccccc4[nH]3)C(=O)O)ccc21. The van der Waals surface area contributed by atoms with E-state index in [4.69, 9.17) is 0 Å². The number of nitrogens with zero attached hydrogens (tertiary/aromatic N) is 3. The second-order valence-corrected chi connectivity index (χ2v) is 7.15. The van der Waals surface area contributed by atoms with Gasteiger partial charge in [-0.2, -0.15) is 0 Å². The Hall–Kier alpha value is -3.26. The molecule has 2 heterocycles. The number of aromatic amines is 1. The first-order valence-electron chi connectivity index (χ1n) is 8.17. The predicted molar refractivity (Wildman–Crippen MR) is 106 cm³/mol. The molecule has 0 spiro atoms. The Labute approximate surface area is 158 Å². The third-order valence-corrected chi connectivity index (χ3v) is 5.28. The van der Waals surface area contributed by atoms with Crippen molar-refractivity contribution in [3.63, 3.8) is 0 Å². The van der Waals surface area contributed by atoms with E-state index in [1.54, 1.807) is 41.4 Å². The zero-order chi connectivity index (χ0) is 19.1. The molecule has 0 saturated carbocycles. The Morgan fingerprint density at radius 3 is 2.63 bits per heavy atom. The molecule has 0 aliphatic carbocycles. The molecule has 0 amide bonds. The molecule has 2 aromatic carbocycles. The number of fused-ring (bicyclic) bond motifs is 2. The average Bonchev–Trinajstić information content (AvgIpc) is 3.16. The number of thioether (sulfide) groups is 1. The van der Waals surface area contributed by atoms with Crippen LogP contribution in [0.5, 0.6) is 0 Å². The molecule has 27 heavy (non-hydrogen) atoms. The Bertz CT molecular complexity index is 1250. The van der Waals surface area contributed by atoms with Crippen LogP contribution in [0.4, 0.5) is 0 Å². The van der Waals surface area contributed by atoms with Crippen molar-refractivity contribution in [3.8, 4) is 0 Å². The third kappa shape index (κ3) is 3.04. The van der Waals surface area contributed by atoms with E-state index in [1.165, 1.54) is 0 Å². The number of carbonyl (C=O) groups is 1. The number of carboxylic acid groups (broad SMARTS) is 1. The van der Waals surface area contributed by atoms with Gasteiger partial charge in [-0.15, -0.1) is 0 Å². The van der Waals surface area contributed by atoms with Gasteiger partial charge in [0.15, 0.2) is 5.16 Å². The number of aliphatic carboxylic acids is 1. The van der Waals surface area contributed by atoms with Gasteiger partial charge in [0.1, 0.15) is 4.91 Å². The number of benzene rings is 2. The van der Waals surface area contributed by atoms with Gasteiger partial charge in [0.25, 0.3) is 0 Å². The zero-order valence-corrected chi connectivity index (χ0v) is 15.4. The third-order valence-electron chi connectivity index (χ3n) is 4.38. The molecule has 0 unspecified atom stereocenters. The van der Waals surface area contributed by atoms with E-state index in [0.717, 1.165) is 33.8 Å². The molecular weight excluding hydrogens is 364 g/mol. The summed E-state index contributed by atoms with van der Waals surface area (Å²) in [5.41, 5.74) is 3.75. The number of aryl methyl sites for hydroxylation is 2. The van der Waals surface area contributed by atoms with E-state index >= 15 is 0 Å². The van der Waals surface area contributed by atoms with Gasteiger partial charge in [0.2, 0.25) is 0 Å². The van der Waals surface area contributed by atoms with Gasteiger partial charge in [-0.1, -0.05) is 18.2 Å². The van der Waals surface area contributed by atoms with Crippen LogP contribution in [-0.4, -0.2) is 30.2 Å². The van der Waals surface area contributed by atoms with Crippen molar-refractivity contribution in [1.29, 1.82) is 0 Å². The van der Waals surface area contributed by atoms with Gasteiger partial charge in [0, 0.05) is 14.1 Å². The minimum Gasteiger partial charge on any atom is -0.477 e. The first-order valence-corrected chi connectivity index (χ1v) is 8.99. The summed E-state index contributed by atoms with van der Waals surface area (Å²) in [6.07, 6.45) is 1.58. The van der Waals surface area contributed by atoms with Gasteiger partial charge in [-0.05, 0) is 47.7 Å². The van der Waals surface area contributed by atoms with Crippen molar-refractivity contribution < 1.29 is 9.90 Å². The maximum Gasteiger partial charge on any atom is 0.342 e. The van der Waals surface area contributed by atoms with Gasteiger partial charge < -0.3 is 10.1 Å². The minimum absolute atomic E-state index is 0.124. The highest BCUT2D eigenvalue weighted by molar-refractivity contribution is 8.04. The largest absolute Gasteiger partial charge is 0.477 e. The molecule has 2 aromatic heterocycles. The summed E-state index contributed by atoms with van der Waals surface area (Å²) in [4.78, 5) is 31.4. The molecule has 0 atom stereocenters. The van der Waals surface area contributed by atoms with Crippen LogP contribution in [0.15, 0.2) is 57.3 Å². The van der Waals surface area contributed by atoms with Gasteiger partial charge in [-0.25, -0.2) is 14.6 Å². The Morgan fingerprint density at radius 1 is 1.15 bits per heavy atom. The molecule has 4 rings (SSSR count). The lowest BCUT2D eigenvalue weighted by Crippen LogP contribution is -2.19. The maximum atomic E-state index is 12.1. The predicted octanol–water partition coefficient (Wildman–Crippen LogP) is 2.97. The fourth-order valence-corrected chi connectivity index (χ4v) is 3.78. The zero-order valence-electron chi connectivity index (χ0n) is 14.6. The molecule has 0 aliphatic heterocycles. The smallest absolute Gasteiger partial charge is 0.342 e. The lowest BCUT2D eigenvalue weighted by atomic mass is 10.2. The number of hydrogen-bond acceptors (Lipinski definition) is 4. The van der Waals surface area contributed by atoms with E-state index < -0.39 is 5.97 Å². The van der Waals surface area contributed by atoms with Crippen molar-refractivity contribution in [2.24, 2.45) is 14.1 Å². The van der Waals surface area contributed by atoms with Crippen LogP contribution in [0.2, 0.25) is 0 Å². The van der Waals surface area contributed by atoms with E-state index in [-0.39, 0.29) is 10.6 Å². The van der Waals surface area contributed by atoms with Crippen molar-refractivity contribution >= 4 is 45.9 Å². The quantitative estimate of drug-likeness (QED) is 0.419. The van der Waals surface area contributed by atoms with Gasteiger partial charge in [-0.3, -0.25) is 9.13 Å². The van der Waals surface area contributed by atoms with Crippen LogP contribution in [0, 0.1) is 0 Å². The van der Waals surface area contributed by atoms with Crippen molar-refractivity contribution in [1.82, 2.24) is 19.1 Å². The normalized spacial score (nSPS) is 12.1. The van der Waals surface area contributed by atoms with E-state index in [9.17, 15) is 14.7 Å². The van der Waals surface area contributed by atoms with Crippen molar-refractivity contribution in [2.75, 3.05) is 0 Å². The molecule has 4 aromatic rings. The highest BCUT2D eigenvalue weighted by atomic mass is 32.2. The number of nitrogens with one attached hydrogen (secondary N) is 1. The van der Waals surface area contributed by atoms with Crippen LogP contribution in [0.3, 0.4) is 0 Å². The van der Waals surface area contributed by atoms with Crippen molar-refractivity contribution in [3.05, 3.63) is 63.4 Å². The van der Waals surface area contributed by atoms with Gasteiger partial charge >= 0.3 is 11.7 Å². The van der Waals surface area contributed by atoms with Crippen LogP contribution in [-0.2, 0) is 18.9 Å². The summed E-state index contributed by atoms with van der Waals surface area (Å²) in [6, 6.07) is 12.9. The fourth-order valence-electron chi connectivity index (χ4n) is 2.98. The molecule has 0 fully saturated rings. The first-order chi connectivity index (χ1) is 12.9. The molecule has 0 radical (unpaired) electrons. The first kappa shape index (κ1) is 17.2. The lowest BCUT2D eigenvalue weighted by Gasteiger charge is -2.02. The second kappa shape index (κ2) is 6.48. The number of H-pyrrole nitrogens is 1. The lowest BCUT2D eigenvalue weighted by molar-refractivity contribution is -0.131. The molecule has 0 aliphatic rings. The molecule has 0 bridgehead atoms. The Balaban J connectivity index is 1.74. The summed E-state index contributed by atoms with van der Waals surface area (Å²) >= 11 is 1.06. The van der Waals surface area contributed by atoms with Crippen LogP contribution in [0.25, 0.3) is 28.1 Å². The Kier molecular flexibility index (Phi) is 4.12. The van der Waals surface area contributed by atoms with Gasteiger partial charge in [0.05, 0.1) is 22.1 Å². The number of hydrogen-bond donors (Lipinski definition) is 2. The average molecular weight is 380 g/mol. The molecule has 7 nitrogen and oxygen atoms in total. The standard InChI is InChI=1S/C19H16N4O3S/c1-22-14-8-7-11(9-15(14)23(2)19(22)26)10-16(17(24)25)27-18-20-12-5-3-4-6-13(12)21-18/h3-10H,1-2H3,(H,20,21)(H,24,25)/b16-10-. The number of imidazole rings is 2. The number of rotatable bonds is 4. The molecular formula is C19H16N4O3S. The van der Waals surface area contributed by atoms with E-state index in [1.807, 2.05) is 30.3 Å². The highest BCUT2D eigenvalue weighted by Gasteiger charge is 2.14. The monoisotopic (exact) mass is 380 g/mol. The topological polar surface area (TPSA) is 92.9 Å². The maximum absolute atomic E-state index is 12.1. The fraction of sp³-hybridized carbons (Fsp3) is 0.105. The molecule has 0 saturated heterocycles. The summed E-state index contributed by atoms with van der Waals surface area (Å²) < 4.78 is 3.10. The molecule has 136 valence electrons.